The third-order valence-electron chi connectivity index (χ3n) is 1.09. The van der Waals surface area contributed by atoms with Crippen molar-refractivity contribution in [1.29, 1.82) is 0 Å². The van der Waals surface area contributed by atoms with E-state index in [-0.39, 0.29) is 7.43 Å². The molecule has 0 spiro atoms. The second-order valence-electron chi connectivity index (χ2n) is 2.02. The van der Waals surface area contributed by atoms with E-state index in [0.29, 0.717) is 5.88 Å². The Labute approximate surface area is 68.2 Å². The fraction of sp³-hybridized carbons (Fsp3) is 0.444. The molecular weight excluding hydrogens is 138 g/mol. The zero-order valence-electron chi connectivity index (χ0n) is 6.08. The van der Waals surface area contributed by atoms with Crippen LogP contribution in [0.4, 0.5) is 0 Å². The van der Waals surface area contributed by atoms with E-state index in [4.69, 9.17) is 4.74 Å². The largest absolute Gasteiger partial charge is 0.478 e. The van der Waals surface area contributed by atoms with Gasteiger partial charge in [0, 0.05) is 12.3 Å². The van der Waals surface area contributed by atoms with Crippen molar-refractivity contribution in [3.05, 3.63) is 24.4 Å². The summed E-state index contributed by atoms with van der Waals surface area (Å²) in [5.74, 6) is 0.712. The van der Waals surface area contributed by atoms with E-state index in [0.717, 1.165) is 13.0 Å². The van der Waals surface area contributed by atoms with Gasteiger partial charge in [-0.3, -0.25) is 0 Å². The topological polar surface area (TPSA) is 22.1 Å². The van der Waals surface area contributed by atoms with E-state index in [9.17, 15) is 0 Å². The minimum Gasteiger partial charge on any atom is -0.478 e. The maximum Gasteiger partial charge on any atom is 0.213 e. The van der Waals surface area contributed by atoms with Crippen molar-refractivity contribution in [2.75, 3.05) is 6.61 Å². The molecule has 0 aliphatic carbocycles. The molecule has 0 amide bonds. The number of hydrogen-bond acceptors (Lipinski definition) is 2. The van der Waals surface area contributed by atoms with Crippen molar-refractivity contribution in [2.24, 2.45) is 0 Å². The van der Waals surface area contributed by atoms with Gasteiger partial charge in [-0.2, -0.15) is 0 Å². The Morgan fingerprint density at radius 2 is 2.27 bits per heavy atom. The Balaban J connectivity index is 0.000001000. The molecule has 0 saturated carbocycles. The molecule has 0 aliphatic heterocycles. The lowest BCUT2D eigenvalue weighted by atomic mass is 10.5. The van der Waals surface area contributed by atoms with Crippen molar-refractivity contribution in [2.45, 2.75) is 20.8 Å². The van der Waals surface area contributed by atoms with Crippen LogP contribution in [0.3, 0.4) is 0 Å². The Morgan fingerprint density at radius 3 is 2.82 bits per heavy atom. The molecule has 0 unspecified atom stereocenters. The first-order valence-electron chi connectivity index (χ1n) is 3.47. The summed E-state index contributed by atoms with van der Waals surface area (Å²) in [6.07, 6.45) is 2.75. The van der Waals surface area contributed by atoms with Gasteiger partial charge in [-0.25, -0.2) is 4.98 Å². The molecule has 11 heavy (non-hydrogen) atoms. The molecule has 2 nitrogen and oxygen atoms in total. The van der Waals surface area contributed by atoms with Gasteiger partial charge in [0.15, 0.2) is 0 Å². The van der Waals surface area contributed by atoms with Crippen molar-refractivity contribution < 1.29 is 4.74 Å². The number of rotatable bonds is 3. The maximum atomic E-state index is 5.24. The van der Waals surface area contributed by atoms with E-state index >= 15 is 0 Å². The zero-order chi connectivity index (χ0) is 7.23. The monoisotopic (exact) mass is 153 g/mol. The fourth-order valence-corrected chi connectivity index (χ4v) is 0.639. The molecule has 0 N–H and O–H groups in total. The van der Waals surface area contributed by atoms with E-state index in [1.165, 1.54) is 0 Å². The number of nitrogens with zero attached hydrogens (tertiary/aromatic N) is 1. The van der Waals surface area contributed by atoms with Crippen LogP contribution in [0, 0.1) is 0 Å². The third-order valence-corrected chi connectivity index (χ3v) is 1.09. The highest BCUT2D eigenvalue weighted by Crippen LogP contribution is 2.02. The summed E-state index contributed by atoms with van der Waals surface area (Å²) >= 11 is 0. The average Bonchev–Trinajstić information content (AvgIpc) is 2.03. The molecule has 0 bridgehead atoms. The Bertz CT molecular complexity index is 174. The van der Waals surface area contributed by atoms with Gasteiger partial charge in [0.2, 0.25) is 5.88 Å². The van der Waals surface area contributed by atoms with Crippen LogP contribution in [0.1, 0.15) is 20.8 Å². The highest BCUT2D eigenvalue weighted by molar-refractivity contribution is 5.08. The van der Waals surface area contributed by atoms with Crippen LogP contribution < -0.4 is 4.74 Å². The maximum absolute atomic E-state index is 5.24. The van der Waals surface area contributed by atoms with Gasteiger partial charge in [0.25, 0.3) is 0 Å². The summed E-state index contributed by atoms with van der Waals surface area (Å²) in [5, 5.41) is 0. The van der Waals surface area contributed by atoms with Gasteiger partial charge in [-0.1, -0.05) is 20.4 Å². The highest BCUT2D eigenvalue weighted by atomic mass is 16.5. The third kappa shape index (κ3) is 3.61. The SMILES string of the molecule is C.CCCOc1ccccn1. The summed E-state index contributed by atoms with van der Waals surface area (Å²) < 4.78 is 5.24. The molecule has 0 aromatic carbocycles. The van der Waals surface area contributed by atoms with Crippen molar-refractivity contribution >= 4 is 0 Å². The van der Waals surface area contributed by atoms with E-state index < -0.39 is 0 Å². The molecule has 1 rings (SSSR count). The smallest absolute Gasteiger partial charge is 0.213 e. The highest BCUT2D eigenvalue weighted by Gasteiger charge is 1.88. The lowest BCUT2D eigenvalue weighted by molar-refractivity contribution is 0.305. The fourth-order valence-electron chi connectivity index (χ4n) is 0.639. The molecule has 1 aromatic heterocycles. The standard InChI is InChI=1S/C8H11NO.CH4/c1-2-7-10-8-5-3-4-6-9-8;/h3-6H,2,7H2,1H3;1H4. The van der Waals surface area contributed by atoms with Crippen molar-refractivity contribution in [3.63, 3.8) is 0 Å². The second kappa shape index (κ2) is 5.71. The van der Waals surface area contributed by atoms with Gasteiger partial charge >= 0.3 is 0 Å². The molecule has 0 fully saturated rings. The molecule has 1 aromatic rings. The van der Waals surface area contributed by atoms with E-state index in [1.807, 2.05) is 18.2 Å². The van der Waals surface area contributed by atoms with Crippen molar-refractivity contribution in [3.8, 4) is 5.88 Å². The number of hydrogen-bond donors (Lipinski definition) is 0. The Hall–Kier alpha value is -1.05. The predicted octanol–water partition coefficient (Wildman–Crippen LogP) is 2.51. The van der Waals surface area contributed by atoms with E-state index in [2.05, 4.69) is 11.9 Å². The quantitative estimate of drug-likeness (QED) is 0.665. The predicted molar refractivity (Wildman–Crippen MR) is 46.8 cm³/mol. The van der Waals surface area contributed by atoms with Crippen LogP contribution in [0.25, 0.3) is 0 Å². The van der Waals surface area contributed by atoms with Crippen LogP contribution >= 0.6 is 0 Å². The van der Waals surface area contributed by atoms with Gasteiger partial charge in [-0.05, 0) is 12.5 Å². The van der Waals surface area contributed by atoms with Gasteiger partial charge in [-0.15, -0.1) is 0 Å². The number of aromatic nitrogens is 1. The summed E-state index contributed by atoms with van der Waals surface area (Å²) in [4.78, 5) is 3.99. The molecule has 1 heterocycles. The zero-order valence-corrected chi connectivity index (χ0v) is 6.08. The first-order chi connectivity index (χ1) is 4.93. The summed E-state index contributed by atoms with van der Waals surface area (Å²) in [5.41, 5.74) is 0. The minimum atomic E-state index is 0. The van der Waals surface area contributed by atoms with Crippen LogP contribution in [-0.2, 0) is 0 Å². The summed E-state index contributed by atoms with van der Waals surface area (Å²) in [6, 6.07) is 5.65. The van der Waals surface area contributed by atoms with E-state index in [1.54, 1.807) is 6.20 Å². The van der Waals surface area contributed by atoms with Crippen LogP contribution in [0.2, 0.25) is 0 Å². The molecule has 2 heteroatoms. The summed E-state index contributed by atoms with van der Waals surface area (Å²) in [7, 11) is 0. The average molecular weight is 153 g/mol. The van der Waals surface area contributed by atoms with Crippen LogP contribution in [0.5, 0.6) is 5.88 Å². The first kappa shape index (κ1) is 9.95. The Morgan fingerprint density at radius 1 is 1.45 bits per heavy atom. The van der Waals surface area contributed by atoms with Gasteiger partial charge < -0.3 is 4.74 Å². The van der Waals surface area contributed by atoms with Crippen LogP contribution in [0.15, 0.2) is 24.4 Å². The summed E-state index contributed by atoms with van der Waals surface area (Å²) in [6.45, 7) is 2.82. The second-order valence-corrected chi connectivity index (χ2v) is 2.02. The molecule has 0 atom stereocenters. The normalized spacial score (nSPS) is 8.45. The molecule has 0 radical (unpaired) electrons. The molecular formula is C9H15NO. The van der Waals surface area contributed by atoms with Gasteiger partial charge in [0.05, 0.1) is 6.61 Å². The number of ether oxygens (including phenoxy) is 1. The number of pyridine rings is 1. The van der Waals surface area contributed by atoms with Crippen LogP contribution in [-0.4, -0.2) is 11.6 Å². The van der Waals surface area contributed by atoms with Crippen molar-refractivity contribution in [1.82, 2.24) is 4.98 Å². The molecule has 62 valence electrons. The molecule has 0 aliphatic rings. The Kier molecular flexibility index (Phi) is 5.17. The molecule has 0 saturated heterocycles. The lowest BCUT2D eigenvalue weighted by Gasteiger charge is -2.00. The minimum absolute atomic E-state index is 0. The van der Waals surface area contributed by atoms with Gasteiger partial charge in [0.1, 0.15) is 0 Å². The first-order valence-corrected chi connectivity index (χ1v) is 3.47. The lowest BCUT2D eigenvalue weighted by Crippen LogP contribution is -1.95.